The largest absolute Gasteiger partial charge is 0.508 e. The van der Waals surface area contributed by atoms with E-state index in [4.69, 9.17) is 0 Å². The van der Waals surface area contributed by atoms with E-state index in [9.17, 15) is 15.3 Å². The highest BCUT2D eigenvalue weighted by Crippen LogP contribution is 2.31. The van der Waals surface area contributed by atoms with Crippen molar-refractivity contribution in [2.24, 2.45) is 0 Å². The Kier molecular flexibility index (Phi) is 5.64. The maximum Gasteiger partial charge on any atom is 0.118 e. The number of aliphatic hydroxyl groups is 2. The molecule has 1 aromatic carbocycles. The van der Waals surface area contributed by atoms with Gasteiger partial charge in [0.2, 0.25) is 0 Å². The van der Waals surface area contributed by atoms with Gasteiger partial charge in [-0.1, -0.05) is 51.4 Å². The number of hydrogen-bond acceptors (Lipinski definition) is 3. The normalized spacial score (nSPS) is 18.3. The van der Waals surface area contributed by atoms with Gasteiger partial charge in [0, 0.05) is 6.42 Å². The second-order valence-corrected chi connectivity index (χ2v) is 20.5. The minimum atomic E-state index is -1.78. The first-order valence-electron chi connectivity index (χ1n) is 8.32. The van der Waals surface area contributed by atoms with Gasteiger partial charge in [0.25, 0.3) is 0 Å². The summed E-state index contributed by atoms with van der Waals surface area (Å²) in [5.74, 6) is 0.222. The van der Waals surface area contributed by atoms with Gasteiger partial charge in [-0.15, -0.1) is 0 Å². The van der Waals surface area contributed by atoms with Crippen LogP contribution in [0.1, 0.15) is 25.0 Å². The fourth-order valence-electron chi connectivity index (χ4n) is 2.19. The fourth-order valence-corrected chi connectivity index (χ4v) is 3.64. The Hall–Kier alpha value is -0.626. The standard InChI is InChI=1S/C18H34O3Si2/c1-17(20,22(3,4)5)12-14-9-10-16(19)15(11-14)13-18(2,21)23(6,7)8/h9-11,19-21H,12-13H2,1-8H3. The summed E-state index contributed by atoms with van der Waals surface area (Å²) >= 11 is 0. The van der Waals surface area contributed by atoms with Crippen LogP contribution < -0.4 is 0 Å². The highest BCUT2D eigenvalue weighted by Gasteiger charge is 2.39. The van der Waals surface area contributed by atoms with E-state index in [1.165, 1.54) is 0 Å². The van der Waals surface area contributed by atoms with Crippen LogP contribution in [-0.4, -0.2) is 41.9 Å². The van der Waals surface area contributed by atoms with Crippen LogP contribution in [0.2, 0.25) is 39.3 Å². The summed E-state index contributed by atoms with van der Waals surface area (Å²) in [5, 5.41) is 30.3. The average molecular weight is 355 g/mol. The molecule has 23 heavy (non-hydrogen) atoms. The topological polar surface area (TPSA) is 60.7 Å². The van der Waals surface area contributed by atoms with E-state index in [1.54, 1.807) is 6.07 Å². The molecule has 2 atom stereocenters. The molecule has 1 rings (SSSR count). The second kappa shape index (κ2) is 6.35. The predicted molar refractivity (Wildman–Crippen MR) is 103 cm³/mol. The van der Waals surface area contributed by atoms with Crippen molar-refractivity contribution < 1.29 is 15.3 Å². The molecule has 0 aliphatic rings. The highest BCUT2D eigenvalue weighted by atomic mass is 28.3. The Morgan fingerprint density at radius 3 is 1.70 bits per heavy atom. The summed E-state index contributed by atoms with van der Waals surface area (Å²) in [6, 6.07) is 5.50. The Balaban J connectivity index is 3.10. The van der Waals surface area contributed by atoms with Gasteiger partial charge in [-0.25, -0.2) is 0 Å². The molecule has 132 valence electrons. The molecule has 0 aliphatic heterocycles. The molecule has 0 radical (unpaired) electrons. The monoisotopic (exact) mass is 354 g/mol. The van der Waals surface area contributed by atoms with Crippen LogP contribution in [0.25, 0.3) is 0 Å². The molecule has 0 bridgehead atoms. The van der Waals surface area contributed by atoms with E-state index < -0.39 is 26.6 Å². The van der Waals surface area contributed by atoms with Crippen molar-refractivity contribution in [3.63, 3.8) is 0 Å². The summed E-state index contributed by atoms with van der Waals surface area (Å²) in [6.45, 7) is 16.6. The Labute approximate surface area is 143 Å². The van der Waals surface area contributed by atoms with Crippen LogP contribution in [0.3, 0.4) is 0 Å². The molecule has 2 unspecified atom stereocenters. The van der Waals surface area contributed by atoms with Crippen molar-refractivity contribution in [1.29, 1.82) is 0 Å². The molecule has 0 saturated carbocycles. The van der Waals surface area contributed by atoms with Gasteiger partial charge in [0.1, 0.15) is 5.75 Å². The molecule has 3 N–H and O–H groups in total. The summed E-state index contributed by atoms with van der Waals surface area (Å²) in [7, 11) is -3.51. The van der Waals surface area contributed by atoms with Crippen molar-refractivity contribution in [3.8, 4) is 5.75 Å². The predicted octanol–water partition coefficient (Wildman–Crippen LogP) is 3.73. The van der Waals surface area contributed by atoms with Gasteiger partial charge < -0.3 is 15.3 Å². The third-order valence-corrected chi connectivity index (χ3v) is 12.3. The zero-order valence-electron chi connectivity index (χ0n) is 16.0. The lowest BCUT2D eigenvalue weighted by atomic mass is 10.0. The molecule has 1 aromatic rings. The van der Waals surface area contributed by atoms with Crippen LogP contribution >= 0.6 is 0 Å². The van der Waals surface area contributed by atoms with E-state index in [0.29, 0.717) is 12.8 Å². The lowest BCUT2D eigenvalue weighted by molar-refractivity contribution is 0.134. The van der Waals surface area contributed by atoms with Gasteiger partial charge >= 0.3 is 0 Å². The Bertz CT molecular complexity index is 552. The van der Waals surface area contributed by atoms with Crippen molar-refractivity contribution in [2.75, 3.05) is 0 Å². The summed E-state index contributed by atoms with van der Waals surface area (Å²) in [5.41, 5.74) is 1.78. The number of benzene rings is 1. The van der Waals surface area contributed by atoms with Crippen molar-refractivity contribution in [2.45, 2.75) is 76.4 Å². The number of hydrogen-bond donors (Lipinski definition) is 3. The average Bonchev–Trinajstić information content (AvgIpc) is 2.29. The van der Waals surface area contributed by atoms with Crippen molar-refractivity contribution in [1.82, 2.24) is 0 Å². The maximum atomic E-state index is 10.8. The molecule has 3 nitrogen and oxygen atoms in total. The molecular weight excluding hydrogens is 320 g/mol. The van der Waals surface area contributed by atoms with E-state index in [2.05, 4.69) is 39.3 Å². The molecular formula is C18H34O3Si2. The smallest absolute Gasteiger partial charge is 0.118 e. The second-order valence-electron chi connectivity index (χ2n) is 9.36. The first-order valence-corrected chi connectivity index (χ1v) is 15.3. The van der Waals surface area contributed by atoms with Gasteiger partial charge in [-0.05, 0) is 37.5 Å². The SMILES string of the molecule is CC(O)(Cc1ccc(O)c(CC(C)(O)[Si](C)(C)C)c1)[Si](C)(C)C. The third kappa shape index (κ3) is 4.92. The molecule has 0 spiro atoms. The van der Waals surface area contributed by atoms with Gasteiger partial charge in [0.05, 0.1) is 26.6 Å². The van der Waals surface area contributed by atoms with Gasteiger partial charge in [0.15, 0.2) is 0 Å². The first-order chi connectivity index (χ1) is 10.1. The minimum Gasteiger partial charge on any atom is -0.508 e. The molecule has 5 heteroatoms. The summed E-state index contributed by atoms with van der Waals surface area (Å²) in [4.78, 5) is 0. The Morgan fingerprint density at radius 2 is 1.26 bits per heavy atom. The van der Waals surface area contributed by atoms with E-state index in [1.807, 2.05) is 26.0 Å². The fraction of sp³-hybridized carbons (Fsp3) is 0.667. The molecule has 0 saturated heterocycles. The highest BCUT2D eigenvalue weighted by molar-refractivity contribution is 6.79. The Morgan fingerprint density at radius 1 is 0.826 bits per heavy atom. The zero-order chi connectivity index (χ0) is 18.3. The molecule has 0 aliphatic carbocycles. The lowest BCUT2D eigenvalue weighted by Crippen LogP contribution is -2.51. The number of rotatable bonds is 6. The van der Waals surface area contributed by atoms with Crippen molar-refractivity contribution >= 4 is 16.1 Å². The van der Waals surface area contributed by atoms with Crippen molar-refractivity contribution in [3.05, 3.63) is 29.3 Å². The van der Waals surface area contributed by atoms with Crippen LogP contribution in [0.5, 0.6) is 5.75 Å². The first kappa shape index (κ1) is 20.4. The molecule has 0 fully saturated rings. The molecule has 0 aromatic heterocycles. The van der Waals surface area contributed by atoms with E-state index in [0.717, 1.165) is 11.1 Å². The maximum absolute atomic E-state index is 10.8. The third-order valence-electron chi connectivity index (χ3n) is 5.46. The minimum absolute atomic E-state index is 0.222. The molecule has 0 heterocycles. The van der Waals surface area contributed by atoms with Crippen LogP contribution in [0.4, 0.5) is 0 Å². The van der Waals surface area contributed by atoms with Gasteiger partial charge in [-0.2, -0.15) is 0 Å². The summed E-state index contributed by atoms with van der Waals surface area (Å²) < 4.78 is 0. The van der Waals surface area contributed by atoms with Crippen LogP contribution in [0, 0.1) is 0 Å². The lowest BCUT2D eigenvalue weighted by Gasteiger charge is -2.37. The number of aromatic hydroxyl groups is 1. The summed E-state index contributed by atoms with van der Waals surface area (Å²) in [6.07, 6.45) is 1.02. The molecule has 0 amide bonds. The van der Waals surface area contributed by atoms with Crippen LogP contribution in [-0.2, 0) is 12.8 Å². The van der Waals surface area contributed by atoms with E-state index in [-0.39, 0.29) is 5.75 Å². The van der Waals surface area contributed by atoms with E-state index >= 15 is 0 Å². The van der Waals surface area contributed by atoms with Crippen LogP contribution in [0.15, 0.2) is 18.2 Å². The number of phenols is 1. The quantitative estimate of drug-likeness (QED) is 0.682. The zero-order valence-corrected chi connectivity index (χ0v) is 18.0. The number of phenolic OH excluding ortho intramolecular Hbond substituents is 1. The van der Waals surface area contributed by atoms with Gasteiger partial charge in [-0.3, -0.25) is 0 Å².